The molecular weight excluding hydrogens is 208 g/mol. The summed E-state index contributed by atoms with van der Waals surface area (Å²) in [6, 6.07) is 2.96. The van der Waals surface area contributed by atoms with Crippen molar-refractivity contribution < 1.29 is 0 Å². The highest BCUT2D eigenvalue weighted by molar-refractivity contribution is 4.90. The van der Waals surface area contributed by atoms with Gasteiger partial charge in [-0.05, 0) is 44.9 Å². The first-order chi connectivity index (χ1) is 8.15. The van der Waals surface area contributed by atoms with E-state index in [9.17, 15) is 0 Å². The van der Waals surface area contributed by atoms with Gasteiger partial charge >= 0.3 is 0 Å². The molecule has 3 atom stereocenters. The number of nitrogens with one attached hydrogen (secondary N) is 2. The third-order valence-corrected chi connectivity index (χ3v) is 4.50. The molecule has 0 saturated heterocycles. The lowest BCUT2D eigenvalue weighted by atomic mass is 9.75. The van der Waals surface area contributed by atoms with E-state index in [1.165, 1.54) is 44.9 Å². The summed E-state index contributed by atoms with van der Waals surface area (Å²) in [5.41, 5.74) is 0. The zero-order chi connectivity index (χ0) is 12.3. The van der Waals surface area contributed by atoms with Gasteiger partial charge in [-0.2, -0.15) is 0 Å². The second kappa shape index (κ2) is 6.19. The zero-order valence-corrected chi connectivity index (χ0v) is 11.8. The van der Waals surface area contributed by atoms with Crippen LogP contribution in [0.5, 0.6) is 0 Å². The third-order valence-electron chi connectivity index (χ3n) is 4.50. The van der Waals surface area contributed by atoms with Gasteiger partial charge in [0.25, 0.3) is 0 Å². The van der Waals surface area contributed by atoms with Crippen molar-refractivity contribution in [3.05, 3.63) is 0 Å². The molecule has 2 saturated carbocycles. The predicted molar refractivity (Wildman–Crippen MR) is 74.3 cm³/mol. The highest BCUT2D eigenvalue weighted by Crippen LogP contribution is 2.32. The molecule has 2 rings (SSSR count). The second-order valence-electron chi connectivity index (χ2n) is 6.55. The summed E-state index contributed by atoms with van der Waals surface area (Å²) in [4.78, 5) is 0. The highest BCUT2D eigenvalue weighted by atomic mass is 15.0. The molecule has 17 heavy (non-hydrogen) atoms. The monoisotopic (exact) mass is 238 g/mol. The number of hydrogen-bond donors (Lipinski definition) is 2. The molecule has 100 valence electrons. The summed E-state index contributed by atoms with van der Waals surface area (Å²) >= 11 is 0. The summed E-state index contributed by atoms with van der Waals surface area (Å²) in [5.74, 6) is 0.918. The Bertz CT molecular complexity index is 221. The van der Waals surface area contributed by atoms with Crippen LogP contribution in [0.1, 0.15) is 65.7 Å². The average molecular weight is 238 g/mol. The summed E-state index contributed by atoms with van der Waals surface area (Å²) in [6.07, 6.45) is 9.86. The molecule has 0 heterocycles. The van der Waals surface area contributed by atoms with E-state index in [0.717, 1.165) is 18.0 Å². The van der Waals surface area contributed by atoms with Crippen LogP contribution in [0.4, 0.5) is 0 Å². The summed E-state index contributed by atoms with van der Waals surface area (Å²) < 4.78 is 0. The van der Waals surface area contributed by atoms with E-state index >= 15 is 0 Å². The molecule has 2 nitrogen and oxygen atoms in total. The molecule has 0 spiro atoms. The van der Waals surface area contributed by atoms with Gasteiger partial charge < -0.3 is 10.6 Å². The van der Waals surface area contributed by atoms with Gasteiger partial charge in [0, 0.05) is 24.2 Å². The number of rotatable bonds is 6. The number of hydrogen-bond acceptors (Lipinski definition) is 2. The first-order valence-corrected chi connectivity index (χ1v) is 7.67. The standard InChI is InChI=1S/C15H30N2/c1-11(2)16-15-9-8-13(15)10-12(3)17-14-6-4-5-7-14/h11-17H,4-10H2,1-3H3. The topological polar surface area (TPSA) is 24.1 Å². The molecule has 2 aliphatic carbocycles. The Kier molecular flexibility index (Phi) is 4.87. The summed E-state index contributed by atoms with van der Waals surface area (Å²) in [6.45, 7) is 6.90. The molecule has 0 amide bonds. The van der Waals surface area contributed by atoms with Crippen LogP contribution in [0.15, 0.2) is 0 Å². The molecule has 2 aliphatic rings. The molecule has 0 bridgehead atoms. The van der Waals surface area contributed by atoms with Gasteiger partial charge in [0.1, 0.15) is 0 Å². The third kappa shape index (κ3) is 3.96. The van der Waals surface area contributed by atoms with Crippen LogP contribution in [-0.2, 0) is 0 Å². The molecule has 0 aliphatic heterocycles. The van der Waals surface area contributed by atoms with E-state index in [0.29, 0.717) is 12.1 Å². The van der Waals surface area contributed by atoms with E-state index in [1.54, 1.807) is 0 Å². The summed E-state index contributed by atoms with van der Waals surface area (Å²) in [7, 11) is 0. The predicted octanol–water partition coefficient (Wildman–Crippen LogP) is 3.07. The quantitative estimate of drug-likeness (QED) is 0.743. The van der Waals surface area contributed by atoms with Gasteiger partial charge in [-0.15, -0.1) is 0 Å². The highest BCUT2D eigenvalue weighted by Gasteiger charge is 2.32. The molecule has 0 aromatic heterocycles. The smallest absolute Gasteiger partial charge is 0.00983 e. The summed E-state index contributed by atoms with van der Waals surface area (Å²) in [5, 5.41) is 7.52. The Labute approximate surface area is 107 Å². The second-order valence-corrected chi connectivity index (χ2v) is 6.55. The Morgan fingerprint density at radius 3 is 2.18 bits per heavy atom. The van der Waals surface area contributed by atoms with Gasteiger partial charge in [-0.3, -0.25) is 0 Å². The Morgan fingerprint density at radius 2 is 1.65 bits per heavy atom. The minimum absolute atomic E-state index is 0.640. The lowest BCUT2D eigenvalue weighted by molar-refractivity contribution is 0.169. The van der Waals surface area contributed by atoms with Crippen molar-refractivity contribution in [2.45, 2.75) is 89.9 Å². The van der Waals surface area contributed by atoms with Crippen molar-refractivity contribution in [2.75, 3.05) is 0 Å². The van der Waals surface area contributed by atoms with Crippen molar-refractivity contribution in [3.63, 3.8) is 0 Å². The van der Waals surface area contributed by atoms with Crippen molar-refractivity contribution in [1.82, 2.24) is 10.6 Å². The minimum Gasteiger partial charge on any atom is -0.312 e. The SMILES string of the molecule is CC(C)NC1CCC1CC(C)NC1CCCC1. The molecule has 2 N–H and O–H groups in total. The van der Waals surface area contributed by atoms with Crippen molar-refractivity contribution in [1.29, 1.82) is 0 Å². The van der Waals surface area contributed by atoms with Crippen LogP contribution in [0, 0.1) is 5.92 Å². The first kappa shape index (κ1) is 13.4. The van der Waals surface area contributed by atoms with Gasteiger partial charge in [0.2, 0.25) is 0 Å². The molecule has 0 aromatic carbocycles. The van der Waals surface area contributed by atoms with Crippen molar-refractivity contribution in [2.24, 2.45) is 5.92 Å². The zero-order valence-electron chi connectivity index (χ0n) is 11.8. The van der Waals surface area contributed by atoms with Crippen molar-refractivity contribution in [3.8, 4) is 0 Å². The van der Waals surface area contributed by atoms with E-state index in [4.69, 9.17) is 0 Å². The van der Waals surface area contributed by atoms with Crippen LogP contribution < -0.4 is 10.6 Å². The largest absolute Gasteiger partial charge is 0.312 e. The molecule has 2 heteroatoms. The lowest BCUT2D eigenvalue weighted by Gasteiger charge is -2.40. The van der Waals surface area contributed by atoms with Crippen molar-refractivity contribution >= 4 is 0 Å². The van der Waals surface area contributed by atoms with Crippen LogP contribution in [0.25, 0.3) is 0 Å². The maximum Gasteiger partial charge on any atom is 0.00983 e. The van der Waals surface area contributed by atoms with Gasteiger partial charge in [-0.1, -0.05) is 26.7 Å². The van der Waals surface area contributed by atoms with Gasteiger partial charge in [0.15, 0.2) is 0 Å². The van der Waals surface area contributed by atoms with E-state index in [-0.39, 0.29) is 0 Å². The Morgan fingerprint density at radius 1 is 0.941 bits per heavy atom. The normalized spacial score (nSPS) is 31.8. The first-order valence-electron chi connectivity index (χ1n) is 7.67. The van der Waals surface area contributed by atoms with E-state index in [2.05, 4.69) is 31.4 Å². The maximum atomic E-state index is 3.82. The van der Waals surface area contributed by atoms with Gasteiger partial charge in [-0.25, -0.2) is 0 Å². The molecule has 2 fully saturated rings. The molecular formula is C15H30N2. The van der Waals surface area contributed by atoms with E-state index < -0.39 is 0 Å². The van der Waals surface area contributed by atoms with Crippen LogP contribution in [0.3, 0.4) is 0 Å². The van der Waals surface area contributed by atoms with Crippen LogP contribution >= 0.6 is 0 Å². The average Bonchev–Trinajstić information content (AvgIpc) is 2.74. The van der Waals surface area contributed by atoms with Crippen LogP contribution in [-0.4, -0.2) is 24.2 Å². The van der Waals surface area contributed by atoms with Crippen LogP contribution in [0.2, 0.25) is 0 Å². The maximum absolute atomic E-state index is 3.82. The Balaban J connectivity index is 1.65. The van der Waals surface area contributed by atoms with E-state index in [1.807, 2.05) is 0 Å². The molecule has 3 unspecified atom stereocenters. The Hall–Kier alpha value is -0.0800. The van der Waals surface area contributed by atoms with Gasteiger partial charge in [0.05, 0.1) is 0 Å². The fourth-order valence-corrected chi connectivity index (χ4v) is 3.52. The lowest BCUT2D eigenvalue weighted by Crippen LogP contribution is -2.49. The molecule has 0 radical (unpaired) electrons. The fraction of sp³-hybridized carbons (Fsp3) is 1.00. The fourth-order valence-electron chi connectivity index (χ4n) is 3.52. The minimum atomic E-state index is 0.640. The molecule has 0 aromatic rings.